The van der Waals surface area contributed by atoms with Crippen molar-refractivity contribution in [1.82, 2.24) is 5.32 Å². The number of carboxylic acids is 1. The minimum Gasteiger partial charge on any atom is -0.481 e. The van der Waals surface area contributed by atoms with Crippen LogP contribution in [0.3, 0.4) is 0 Å². The second-order valence-electron chi connectivity index (χ2n) is 4.49. The zero-order valence-electron chi connectivity index (χ0n) is 10.4. The topological polar surface area (TPSA) is 66.4 Å². The van der Waals surface area contributed by atoms with Gasteiger partial charge in [0, 0.05) is 18.2 Å². The number of nitrogens with one attached hydrogen (secondary N) is 1. The van der Waals surface area contributed by atoms with E-state index < -0.39 is 11.4 Å². The van der Waals surface area contributed by atoms with Gasteiger partial charge < -0.3 is 10.4 Å². The van der Waals surface area contributed by atoms with Gasteiger partial charge in [-0.05, 0) is 26.5 Å². The summed E-state index contributed by atoms with van der Waals surface area (Å²) in [6.07, 6.45) is 0.0173. The van der Waals surface area contributed by atoms with Crippen LogP contribution in [0.1, 0.15) is 34.1 Å². The standard InChI is InChI=1S/C11H21NO3S/c1-5-16-7-8(2)12-9(13)6-11(3,4)10(14)15/h8H,5-7H2,1-4H3,(H,12,13)(H,14,15). The highest BCUT2D eigenvalue weighted by atomic mass is 32.2. The second-order valence-corrected chi connectivity index (χ2v) is 5.81. The van der Waals surface area contributed by atoms with Crippen LogP contribution in [0.25, 0.3) is 0 Å². The Morgan fingerprint density at radius 2 is 2.00 bits per heavy atom. The summed E-state index contributed by atoms with van der Waals surface area (Å²) in [5, 5.41) is 11.7. The van der Waals surface area contributed by atoms with E-state index in [1.807, 2.05) is 6.92 Å². The summed E-state index contributed by atoms with van der Waals surface area (Å²) >= 11 is 1.75. The van der Waals surface area contributed by atoms with Crippen LogP contribution in [0.5, 0.6) is 0 Å². The summed E-state index contributed by atoms with van der Waals surface area (Å²) in [5.74, 6) is 0.728. The molecule has 0 aliphatic rings. The van der Waals surface area contributed by atoms with Gasteiger partial charge in [0.05, 0.1) is 5.41 Å². The minimum absolute atomic E-state index is 0.0173. The molecule has 0 rings (SSSR count). The molecule has 0 heterocycles. The molecule has 0 aromatic heterocycles. The smallest absolute Gasteiger partial charge is 0.309 e. The van der Waals surface area contributed by atoms with Crippen LogP contribution in [0.15, 0.2) is 0 Å². The lowest BCUT2D eigenvalue weighted by Gasteiger charge is -2.20. The van der Waals surface area contributed by atoms with Crippen molar-refractivity contribution in [1.29, 1.82) is 0 Å². The maximum Gasteiger partial charge on any atom is 0.309 e. The predicted molar refractivity (Wildman–Crippen MR) is 66.6 cm³/mol. The van der Waals surface area contributed by atoms with Crippen molar-refractivity contribution in [2.75, 3.05) is 11.5 Å². The van der Waals surface area contributed by atoms with Gasteiger partial charge in [-0.15, -0.1) is 0 Å². The molecule has 0 aliphatic carbocycles. The molecule has 1 amide bonds. The number of thioether (sulfide) groups is 1. The molecule has 0 radical (unpaired) electrons. The maximum absolute atomic E-state index is 11.6. The molecule has 0 fully saturated rings. The first-order valence-electron chi connectivity index (χ1n) is 5.40. The number of carbonyl (C=O) groups excluding carboxylic acids is 1. The summed E-state index contributed by atoms with van der Waals surface area (Å²) < 4.78 is 0. The summed E-state index contributed by atoms with van der Waals surface area (Å²) in [6, 6.07) is 0.0852. The van der Waals surface area contributed by atoms with Gasteiger partial charge >= 0.3 is 5.97 Å². The average molecular weight is 247 g/mol. The highest BCUT2D eigenvalue weighted by Crippen LogP contribution is 2.20. The van der Waals surface area contributed by atoms with Crippen LogP contribution < -0.4 is 5.32 Å². The molecule has 0 saturated carbocycles. The number of hydrogen-bond donors (Lipinski definition) is 2. The highest BCUT2D eigenvalue weighted by molar-refractivity contribution is 7.99. The van der Waals surface area contributed by atoms with E-state index in [-0.39, 0.29) is 18.4 Å². The quantitative estimate of drug-likeness (QED) is 0.719. The summed E-state index contributed by atoms with van der Waals surface area (Å²) in [6.45, 7) is 7.10. The van der Waals surface area contributed by atoms with Crippen LogP contribution in [0.4, 0.5) is 0 Å². The molecular weight excluding hydrogens is 226 g/mol. The molecule has 5 heteroatoms. The Morgan fingerprint density at radius 3 is 2.44 bits per heavy atom. The normalized spacial score (nSPS) is 13.2. The number of rotatable bonds is 7. The van der Waals surface area contributed by atoms with Crippen molar-refractivity contribution in [3.8, 4) is 0 Å². The van der Waals surface area contributed by atoms with Crippen LogP contribution in [-0.2, 0) is 9.59 Å². The number of aliphatic carboxylic acids is 1. The molecule has 1 unspecified atom stereocenters. The van der Waals surface area contributed by atoms with Gasteiger partial charge in [-0.3, -0.25) is 9.59 Å². The third-order valence-corrected chi connectivity index (χ3v) is 3.30. The highest BCUT2D eigenvalue weighted by Gasteiger charge is 2.30. The molecule has 0 aliphatic heterocycles. The van der Waals surface area contributed by atoms with E-state index >= 15 is 0 Å². The summed E-state index contributed by atoms with van der Waals surface area (Å²) in [5.41, 5.74) is -0.998. The van der Waals surface area contributed by atoms with Gasteiger partial charge in [-0.1, -0.05) is 6.92 Å². The van der Waals surface area contributed by atoms with Crippen molar-refractivity contribution in [2.24, 2.45) is 5.41 Å². The van der Waals surface area contributed by atoms with E-state index in [0.717, 1.165) is 11.5 Å². The fourth-order valence-corrected chi connectivity index (χ4v) is 1.81. The second kappa shape index (κ2) is 6.78. The van der Waals surface area contributed by atoms with Crippen LogP contribution in [-0.4, -0.2) is 34.5 Å². The fraction of sp³-hybridized carbons (Fsp3) is 0.818. The Hall–Kier alpha value is -0.710. The largest absolute Gasteiger partial charge is 0.481 e. The first-order chi connectivity index (χ1) is 7.29. The number of carboxylic acid groups (broad SMARTS) is 1. The molecule has 0 aromatic carbocycles. The number of carbonyl (C=O) groups is 2. The molecule has 0 spiro atoms. The van der Waals surface area contributed by atoms with E-state index in [9.17, 15) is 9.59 Å². The van der Waals surface area contributed by atoms with Gasteiger partial charge in [-0.25, -0.2) is 0 Å². The molecular formula is C11H21NO3S. The Kier molecular flexibility index (Phi) is 6.48. The Bertz CT molecular complexity index is 254. The van der Waals surface area contributed by atoms with Crippen molar-refractivity contribution < 1.29 is 14.7 Å². The van der Waals surface area contributed by atoms with Crippen molar-refractivity contribution >= 4 is 23.6 Å². The molecule has 1 atom stereocenters. The van der Waals surface area contributed by atoms with Crippen LogP contribution in [0.2, 0.25) is 0 Å². The summed E-state index contributed by atoms with van der Waals surface area (Å²) in [7, 11) is 0. The van der Waals surface area contributed by atoms with Gasteiger partial charge in [0.1, 0.15) is 0 Å². The van der Waals surface area contributed by atoms with E-state index in [2.05, 4.69) is 12.2 Å². The average Bonchev–Trinajstić information content (AvgIpc) is 2.13. The molecule has 0 saturated heterocycles. The number of hydrogen-bond acceptors (Lipinski definition) is 3. The Balaban J connectivity index is 4.03. The van der Waals surface area contributed by atoms with Crippen LogP contribution in [0, 0.1) is 5.41 Å². The number of amides is 1. The molecule has 4 nitrogen and oxygen atoms in total. The van der Waals surface area contributed by atoms with E-state index in [0.29, 0.717) is 0 Å². The van der Waals surface area contributed by atoms with E-state index in [1.165, 1.54) is 0 Å². The Morgan fingerprint density at radius 1 is 1.44 bits per heavy atom. The van der Waals surface area contributed by atoms with Gasteiger partial charge in [0.25, 0.3) is 0 Å². The maximum atomic E-state index is 11.6. The molecule has 2 N–H and O–H groups in total. The lowest BCUT2D eigenvalue weighted by atomic mass is 9.89. The van der Waals surface area contributed by atoms with Crippen LogP contribution >= 0.6 is 11.8 Å². The zero-order valence-corrected chi connectivity index (χ0v) is 11.2. The van der Waals surface area contributed by atoms with E-state index in [4.69, 9.17) is 5.11 Å². The first kappa shape index (κ1) is 15.3. The van der Waals surface area contributed by atoms with Gasteiger partial charge in [0.2, 0.25) is 5.91 Å². The van der Waals surface area contributed by atoms with E-state index in [1.54, 1.807) is 25.6 Å². The third kappa shape index (κ3) is 6.00. The predicted octanol–water partition coefficient (Wildman–Crippen LogP) is 1.75. The van der Waals surface area contributed by atoms with Crippen molar-refractivity contribution in [3.05, 3.63) is 0 Å². The molecule has 16 heavy (non-hydrogen) atoms. The minimum atomic E-state index is -0.998. The fourth-order valence-electron chi connectivity index (χ4n) is 1.14. The van der Waals surface area contributed by atoms with Gasteiger partial charge in [-0.2, -0.15) is 11.8 Å². The van der Waals surface area contributed by atoms with Gasteiger partial charge in [0.15, 0.2) is 0 Å². The first-order valence-corrected chi connectivity index (χ1v) is 6.55. The molecule has 94 valence electrons. The Labute approximate surface area is 101 Å². The lowest BCUT2D eigenvalue weighted by Crippen LogP contribution is -2.38. The third-order valence-electron chi connectivity index (χ3n) is 2.16. The summed E-state index contributed by atoms with van der Waals surface area (Å²) in [4.78, 5) is 22.4. The lowest BCUT2D eigenvalue weighted by molar-refractivity contribution is -0.149. The van der Waals surface area contributed by atoms with Crippen molar-refractivity contribution in [2.45, 2.75) is 40.2 Å². The molecule has 0 aromatic rings. The monoisotopic (exact) mass is 247 g/mol. The van der Waals surface area contributed by atoms with Crippen molar-refractivity contribution in [3.63, 3.8) is 0 Å². The zero-order chi connectivity index (χ0) is 12.8. The molecule has 0 bridgehead atoms. The SMILES string of the molecule is CCSCC(C)NC(=O)CC(C)(C)C(=O)O.